The number of nitrogens with zero attached hydrogens (tertiary/aromatic N) is 1. The molecule has 0 aliphatic carbocycles. The van der Waals surface area contributed by atoms with E-state index in [1.54, 1.807) is 12.1 Å². The normalized spacial score (nSPS) is 11.4. The first-order valence-corrected chi connectivity index (χ1v) is 15.7. The molecule has 0 spiro atoms. The molecular weight excluding hydrogens is 589 g/mol. The molecule has 4 aromatic rings. The minimum absolute atomic E-state index is 0. The molecule has 0 aliphatic heterocycles. The Labute approximate surface area is 279 Å². The van der Waals surface area contributed by atoms with Gasteiger partial charge in [0.15, 0.2) is 0 Å². The van der Waals surface area contributed by atoms with Gasteiger partial charge in [0.25, 0.3) is 5.91 Å². The number of aryl methyl sites for hydroxylation is 1. The van der Waals surface area contributed by atoms with Crippen LogP contribution in [0.1, 0.15) is 39.0 Å². The largest absolute Gasteiger partial charge is 1.00 e. The van der Waals surface area contributed by atoms with Crippen LogP contribution in [0.2, 0.25) is 0 Å². The van der Waals surface area contributed by atoms with Crippen molar-refractivity contribution in [2.24, 2.45) is 0 Å². The second kappa shape index (κ2) is 17.2. The zero-order valence-corrected chi connectivity index (χ0v) is 26.5. The zero-order valence-electron chi connectivity index (χ0n) is 25.7. The van der Waals surface area contributed by atoms with Crippen molar-refractivity contribution in [3.05, 3.63) is 124 Å². The summed E-state index contributed by atoms with van der Waals surface area (Å²) in [5.74, 6) is -2.63. The van der Waals surface area contributed by atoms with Gasteiger partial charge in [0, 0.05) is 37.0 Å². The number of hydrogen-bond acceptors (Lipinski definition) is 6. The first-order valence-electron chi connectivity index (χ1n) is 14.3. The van der Waals surface area contributed by atoms with Crippen molar-refractivity contribution in [3.63, 3.8) is 0 Å². The molecule has 1 unspecified atom stereocenters. The van der Waals surface area contributed by atoms with Gasteiger partial charge in [0.1, 0.15) is 11.6 Å². The standard InChI is InChI=1S/C35H36F2N2O4S.Li/c1-23-5-3-4-6-30(23)32-19-25(9-12-31(32)34(41)38-33(35(42)43)14-16-44-2)21-39(22-26-17-27(36)20-28(37)18-26)29-10-7-24(8-11-29)13-15-40;/h3-12,17-20,33,40H,13-16,21-22H2,1-2H3,(H,38,41)(H,42,43);/q;+1/p-1. The molecule has 0 bridgehead atoms. The van der Waals surface area contributed by atoms with E-state index in [4.69, 9.17) is 0 Å². The summed E-state index contributed by atoms with van der Waals surface area (Å²) >= 11 is 1.48. The third-order valence-corrected chi connectivity index (χ3v) is 7.98. The molecule has 4 rings (SSSR count). The summed E-state index contributed by atoms with van der Waals surface area (Å²) in [6.07, 6.45) is 2.61. The number of rotatable bonds is 14. The molecule has 6 nitrogen and oxygen atoms in total. The maximum Gasteiger partial charge on any atom is 1.00 e. The summed E-state index contributed by atoms with van der Waals surface area (Å²) in [5, 5.41) is 23.7. The Kier molecular flexibility index (Phi) is 13.7. The summed E-state index contributed by atoms with van der Waals surface area (Å²) in [6.45, 7) is 2.51. The van der Waals surface area contributed by atoms with Crippen LogP contribution >= 0.6 is 11.8 Å². The van der Waals surface area contributed by atoms with Crippen LogP contribution in [-0.2, 0) is 24.3 Å². The third-order valence-electron chi connectivity index (χ3n) is 7.34. The molecule has 0 saturated heterocycles. The van der Waals surface area contributed by atoms with E-state index in [9.17, 15) is 28.6 Å². The predicted octanol–water partition coefficient (Wildman–Crippen LogP) is 2.29. The Balaban J connectivity index is 0.00000552. The van der Waals surface area contributed by atoms with Gasteiger partial charge in [-0.2, -0.15) is 11.8 Å². The van der Waals surface area contributed by atoms with Gasteiger partial charge in [0.05, 0.1) is 12.0 Å². The number of aliphatic hydroxyl groups excluding tert-OH is 1. The van der Waals surface area contributed by atoms with E-state index in [2.05, 4.69) is 5.32 Å². The number of anilines is 1. The minimum atomic E-state index is -1.34. The Morgan fingerprint density at radius 2 is 1.53 bits per heavy atom. The molecule has 0 aromatic heterocycles. The van der Waals surface area contributed by atoms with E-state index in [0.29, 0.717) is 35.4 Å². The van der Waals surface area contributed by atoms with E-state index in [1.807, 2.05) is 72.7 Å². The number of hydrogen-bond donors (Lipinski definition) is 2. The van der Waals surface area contributed by atoms with Gasteiger partial charge in [-0.15, -0.1) is 0 Å². The van der Waals surface area contributed by atoms with Crippen LogP contribution in [0.5, 0.6) is 0 Å². The molecule has 45 heavy (non-hydrogen) atoms. The molecule has 10 heteroatoms. The number of carbonyl (C=O) groups is 2. The monoisotopic (exact) mass is 624 g/mol. The second-order valence-corrected chi connectivity index (χ2v) is 11.6. The zero-order chi connectivity index (χ0) is 31.6. The van der Waals surface area contributed by atoms with Crippen molar-refractivity contribution in [3.8, 4) is 11.1 Å². The third kappa shape index (κ3) is 9.94. The fourth-order valence-corrected chi connectivity index (χ4v) is 5.56. The van der Waals surface area contributed by atoms with Crippen LogP contribution in [0.3, 0.4) is 0 Å². The molecule has 230 valence electrons. The van der Waals surface area contributed by atoms with Crippen LogP contribution < -0.4 is 34.2 Å². The van der Waals surface area contributed by atoms with Gasteiger partial charge in [-0.05, 0) is 102 Å². The van der Waals surface area contributed by atoms with Crippen LogP contribution in [-0.4, -0.2) is 41.6 Å². The van der Waals surface area contributed by atoms with Crippen molar-refractivity contribution in [1.82, 2.24) is 5.32 Å². The maximum absolute atomic E-state index is 14.1. The number of amides is 1. The number of halogens is 2. The average molecular weight is 625 g/mol. The molecular formula is C35H35F2LiN2O4S. The van der Waals surface area contributed by atoms with Gasteiger partial charge in [0.2, 0.25) is 0 Å². The van der Waals surface area contributed by atoms with E-state index in [1.165, 1.54) is 23.9 Å². The number of carboxylic acids is 1. The molecule has 0 aliphatic rings. The van der Waals surface area contributed by atoms with Gasteiger partial charge in [-0.3, -0.25) is 4.79 Å². The molecule has 0 radical (unpaired) electrons. The molecule has 4 aromatic carbocycles. The van der Waals surface area contributed by atoms with Gasteiger partial charge >= 0.3 is 18.9 Å². The quantitative estimate of drug-likeness (QED) is 0.209. The van der Waals surface area contributed by atoms with Crippen molar-refractivity contribution in [2.45, 2.75) is 38.9 Å². The summed E-state index contributed by atoms with van der Waals surface area (Å²) < 4.78 is 28.2. The molecule has 0 saturated carbocycles. The number of aliphatic hydroxyl groups is 1. The van der Waals surface area contributed by atoms with Crippen molar-refractivity contribution in [1.29, 1.82) is 0 Å². The van der Waals surface area contributed by atoms with Crippen LogP contribution in [0.25, 0.3) is 11.1 Å². The second-order valence-electron chi connectivity index (χ2n) is 10.6. The number of thioether (sulfide) groups is 1. The number of nitrogens with one attached hydrogen (secondary N) is 1. The van der Waals surface area contributed by atoms with E-state index in [0.717, 1.165) is 34.0 Å². The number of carbonyl (C=O) groups excluding carboxylic acids is 2. The van der Waals surface area contributed by atoms with E-state index in [-0.39, 0.29) is 38.4 Å². The number of carboxylic acid groups (broad SMARTS) is 1. The predicted molar refractivity (Wildman–Crippen MR) is 169 cm³/mol. The average Bonchev–Trinajstić information content (AvgIpc) is 2.99. The molecule has 2 N–H and O–H groups in total. The Morgan fingerprint density at radius 1 is 0.889 bits per heavy atom. The first-order chi connectivity index (χ1) is 21.2. The fourth-order valence-electron chi connectivity index (χ4n) is 5.09. The van der Waals surface area contributed by atoms with Crippen molar-refractivity contribution < 1.29 is 47.4 Å². The van der Waals surface area contributed by atoms with Crippen LogP contribution in [0.4, 0.5) is 14.5 Å². The SMILES string of the molecule is CSCCC(NC(=O)c1ccc(CN(Cc2cc(F)cc(F)c2)c2ccc(CCO)cc2)cc1-c1ccccc1C)C(=O)[O-].[Li+]. The maximum atomic E-state index is 14.1. The summed E-state index contributed by atoms with van der Waals surface area (Å²) in [5.41, 5.74) is 5.76. The van der Waals surface area contributed by atoms with Gasteiger partial charge in [-0.25, -0.2) is 8.78 Å². The first kappa shape index (κ1) is 35.9. The summed E-state index contributed by atoms with van der Waals surface area (Å²) in [6, 6.07) is 22.9. The summed E-state index contributed by atoms with van der Waals surface area (Å²) in [4.78, 5) is 27.2. The molecule has 1 amide bonds. The van der Waals surface area contributed by atoms with Gasteiger partial charge < -0.3 is 25.2 Å². The number of aliphatic carboxylic acids is 1. The van der Waals surface area contributed by atoms with Crippen molar-refractivity contribution in [2.75, 3.05) is 23.5 Å². The van der Waals surface area contributed by atoms with Crippen LogP contribution in [0, 0.1) is 18.6 Å². The smallest absolute Gasteiger partial charge is 0.548 e. The topological polar surface area (TPSA) is 92.7 Å². The Hall–Kier alpha value is -3.61. The fraction of sp³-hybridized carbons (Fsp3) is 0.257. The summed E-state index contributed by atoms with van der Waals surface area (Å²) in [7, 11) is 0. The number of benzene rings is 4. The van der Waals surface area contributed by atoms with E-state index >= 15 is 0 Å². The molecule has 0 fully saturated rings. The van der Waals surface area contributed by atoms with E-state index < -0.39 is 29.6 Å². The van der Waals surface area contributed by atoms with Gasteiger partial charge in [-0.1, -0.05) is 42.5 Å². The Morgan fingerprint density at radius 3 is 2.16 bits per heavy atom. The Bertz CT molecular complexity index is 1580. The molecule has 1 atom stereocenters. The van der Waals surface area contributed by atoms with Crippen molar-refractivity contribution >= 4 is 29.3 Å². The minimum Gasteiger partial charge on any atom is -0.548 e. The molecule has 0 heterocycles. The van der Waals surface area contributed by atoms with Crippen LogP contribution in [0.15, 0.2) is 84.9 Å².